The van der Waals surface area contributed by atoms with Gasteiger partial charge in [-0.15, -0.1) is 0 Å². The number of hydrogen-bond acceptors (Lipinski definition) is 4. The molecule has 0 saturated carbocycles. The highest BCUT2D eigenvalue weighted by molar-refractivity contribution is 5.92. The molecule has 6 nitrogen and oxygen atoms in total. The topological polar surface area (TPSA) is 80.4 Å². The number of aromatic amines is 1. The molecule has 1 aromatic carbocycles. The van der Waals surface area contributed by atoms with E-state index in [0.29, 0.717) is 29.3 Å². The number of halogens is 3. The van der Waals surface area contributed by atoms with E-state index in [4.69, 9.17) is 9.47 Å². The number of rotatable bonds is 5. The van der Waals surface area contributed by atoms with Gasteiger partial charge in [0.05, 0.1) is 26.2 Å². The van der Waals surface area contributed by atoms with Crippen molar-refractivity contribution in [2.45, 2.75) is 12.6 Å². The quantitative estimate of drug-likeness (QED) is 0.863. The minimum absolute atomic E-state index is 0.157. The van der Waals surface area contributed by atoms with Crippen molar-refractivity contribution < 1.29 is 27.4 Å². The second-order valence-electron chi connectivity index (χ2n) is 5.04. The van der Waals surface area contributed by atoms with Gasteiger partial charge in [0.15, 0.2) is 11.5 Å². The lowest BCUT2D eigenvalue weighted by Gasteiger charge is -2.11. The molecule has 2 aromatic rings. The average Bonchev–Trinajstić information content (AvgIpc) is 2.55. The van der Waals surface area contributed by atoms with Crippen LogP contribution in [0.5, 0.6) is 11.5 Å². The van der Waals surface area contributed by atoms with Gasteiger partial charge in [0.25, 0.3) is 5.56 Å². The minimum atomic E-state index is -4.63. The molecule has 0 spiro atoms. The lowest BCUT2D eigenvalue weighted by Crippen LogP contribution is -2.22. The third-order valence-electron chi connectivity index (χ3n) is 3.32. The van der Waals surface area contributed by atoms with Gasteiger partial charge in [-0.05, 0) is 23.8 Å². The number of anilines is 1. The van der Waals surface area contributed by atoms with Crippen LogP contribution in [-0.4, -0.2) is 25.1 Å². The molecule has 1 amide bonds. The van der Waals surface area contributed by atoms with E-state index >= 15 is 0 Å². The molecule has 0 aliphatic carbocycles. The van der Waals surface area contributed by atoms with Crippen molar-refractivity contribution in [2.24, 2.45) is 0 Å². The molecule has 134 valence electrons. The van der Waals surface area contributed by atoms with E-state index in [-0.39, 0.29) is 6.42 Å². The predicted octanol–water partition coefficient (Wildman–Crippen LogP) is 2.59. The molecule has 25 heavy (non-hydrogen) atoms. The molecule has 9 heteroatoms. The molecule has 0 unspecified atom stereocenters. The molecule has 0 atom stereocenters. The summed E-state index contributed by atoms with van der Waals surface area (Å²) in [5.41, 5.74) is -1.82. The third kappa shape index (κ3) is 4.52. The van der Waals surface area contributed by atoms with E-state index in [2.05, 4.69) is 5.32 Å². The Kier molecular flexibility index (Phi) is 5.35. The fraction of sp³-hybridized carbons (Fsp3) is 0.250. The van der Waals surface area contributed by atoms with Crippen LogP contribution >= 0.6 is 0 Å². The Morgan fingerprint density at radius 1 is 1.16 bits per heavy atom. The van der Waals surface area contributed by atoms with Gasteiger partial charge in [-0.2, -0.15) is 13.2 Å². The summed E-state index contributed by atoms with van der Waals surface area (Å²) in [6.07, 6.45) is -4.24. The van der Waals surface area contributed by atoms with Crippen LogP contribution in [0.2, 0.25) is 0 Å². The summed E-state index contributed by atoms with van der Waals surface area (Å²) in [7, 11) is 2.90. The first-order chi connectivity index (χ1) is 11.7. The smallest absolute Gasteiger partial charge is 0.417 e. The Balaban J connectivity index is 2.17. The van der Waals surface area contributed by atoms with Gasteiger partial charge >= 0.3 is 6.18 Å². The first-order valence-electron chi connectivity index (χ1n) is 7.05. The molecular formula is C16H15F3N2O4. The molecule has 0 saturated heterocycles. The number of hydrogen-bond donors (Lipinski definition) is 2. The lowest BCUT2D eigenvalue weighted by molar-refractivity contribution is -0.137. The second kappa shape index (κ2) is 7.29. The molecule has 0 aliphatic heterocycles. The number of aromatic nitrogens is 1. The van der Waals surface area contributed by atoms with Crippen LogP contribution < -0.4 is 20.3 Å². The van der Waals surface area contributed by atoms with Gasteiger partial charge in [-0.3, -0.25) is 9.59 Å². The summed E-state index contributed by atoms with van der Waals surface area (Å²) in [5.74, 6) is 0.239. The van der Waals surface area contributed by atoms with Crippen LogP contribution in [0.25, 0.3) is 0 Å². The second-order valence-corrected chi connectivity index (χ2v) is 5.04. The summed E-state index contributed by atoms with van der Waals surface area (Å²) >= 11 is 0. The van der Waals surface area contributed by atoms with E-state index in [1.807, 2.05) is 4.98 Å². The zero-order valence-electron chi connectivity index (χ0n) is 13.4. The van der Waals surface area contributed by atoms with Crippen LogP contribution in [0.3, 0.4) is 0 Å². The van der Waals surface area contributed by atoms with E-state index in [1.165, 1.54) is 14.2 Å². The molecule has 2 N–H and O–H groups in total. The SMILES string of the molecule is COc1ccc(CC(=O)Nc2cc(C(F)(F)F)c[nH]c2=O)cc1OC. The van der Waals surface area contributed by atoms with E-state index in [1.54, 1.807) is 18.2 Å². The van der Waals surface area contributed by atoms with Crippen LogP contribution in [0.15, 0.2) is 35.3 Å². The number of carbonyl (C=O) groups excluding carboxylic acids is 1. The Hall–Kier alpha value is -2.97. The zero-order valence-corrected chi connectivity index (χ0v) is 13.4. The Morgan fingerprint density at radius 3 is 2.44 bits per heavy atom. The summed E-state index contributed by atoms with van der Waals surface area (Å²) in [5, 5.41) is 2.18. The van der Waals surface area contributed by atoms with Gasteiger partial charge < -0.3 is 19.8 Å². The van der Waals surface area contributed by atoms with Crippen molar-refractivity contribution in [3.63, 3.8) is 0 Å². The van der Waals surface area contributed by atoms with Crippen LogP contribution in [0.4, 0.5) is 18.9 Å². The Labute approximate surface area is 140 Å². The zero-order chi connectivity index (χ0) is 18.6. The standard InChI is InChI=1S/C16H15F3N2O4/c1-24-12-4-3-9(5-13(12)25-2)6-14(22)21-11-7-10(16(17,18)19)8-20-15(11)23/h3-5,7-8H,6H2,1-2H3,(H,20,23)(H,21,22). The van der Waals surface area contributed by atoms with Crippen molar-refractivity contribution in [2.75, 3.05) is 19.5 Å². The van der Waals surface area contributed by atoms with Crippen molar-refractivity contribution in [1.82, 2.24) is 4.98 Å². The minimum Gasteiger partial charge on any atom is -0.493 e. The van der Waals surface area contributed by atoms with Crippen molar-refractivity contribution >= 4 is 11.6 Å². The van der Waals surface area contributed by atoms with Gasteiger partial charge in [0.1, 0.15) is 5.69 Å². The lowest BCUT2D eigenvalue weighted by atomic mass is 10.1. The molecule has 0 fully saturated rings. The fourth-order valence-electron chi connectivity index (χ4n) is 2.11. The number of benzene rings is 1. The van der Waals surface area contributed by atoms with Crippen molar-refractivity contribution in [3.8, 4) is 11.5 Å². The largest absolute Gasteiger partial charge is 0.493 e. The molecule has 0 radical (unpaired) electrons. The predicted molar refractivity (Wildman–Crippen MR) is 83.9 cm³/mol. The number of alkyl halides is 3. The Morgan fingerprint density at radius 2 is 1.84 bits per heavy atom. The van der Waals surface area contributed by atoms with Crippen molar-refractivity contribution in [1.29, 1.82) is 0 Å². The maximum Gasteiger partial charge on any atom is 0.417 e. The van der Waals surface area contributed by atoms with E-state index in [9.17, 15) is 22.8 Å². The normalized spacial score (nSPS) is 11.1. The maximum absolute atomic E-state index is 12.7. The number of ether oxygens (including phenoxy) is 2. The number of methoxy groups -OCH3 is 2. The fourth-order valence-corrected chi connectivity index (χ4v) is 2.11. The number of carbonyl (C=O) groups is 1. The average molecular weight is 356 g/mol. The number of amides is 1. The molecular weight excluding hydrogens is 341 g/mol. The van der Waals surface area contributed by atoms with Crippen molar-refractivity contribution in [3.05, 3.63) is 51.9 Å². The number of H-pyrrole nitrogens is 1. The van der Waals surface area contributed by atoms with Gasteiger partial charge in [0.2, 0.25) is 5.91 Å². The summed E-state index contributed by atoms with van der Waals surface area (Å²) < 4.78 is 48.2. The Bertz CT molecular complexity index is 831. The van der Waals surface area contributed by atoms with E-state index < -0.39 is 28.9 Å². The number of nitrogens with one attached hydrogen (secondary N) is 2. The molecule has 0 bridgehead atoms. The molecule has 1 aromatic heterocycles. The summed E-state index contributed by atoms with van der Waals surface area (Å²) in [4.78, 5) is 25.6. The van der Waals surface area contributed by atoms with Gasteiger partial charge in [0, 0.05) is 6.20 Å². The molecule has 2 rings (SSSR count). The van der Waals surface area contributed by atoms with Gasteiger partial charge in [-0.1, -0.05) is 6.07 Å². The molecule has 1 heterocycles. The summed E-state index contributed by atoms with van der Waals surface area (Å²) in [6, 6.07) is 5.36. The van der Waals surface area contributed by atoms with Crippen LogP contribution in [0.1, 0.15) is 11.1 Å². The maximum atomic E-state index is 12.7. The monoisotopic (exact) mass is 356 g/mol. The molecule has 0 aliphatic rings. The highest BCUT2D eigenvalue weighted by Gasteiger charge is 2.31. The highest BCUT2D eigenvalue weighted by Crippen LogP contribution is 2.29. The third-order valence-corrected chi connectivity index (χ3v) is 3.32. The number of pyridine rings is 1. The van der Waals surface area contributed by atoms with Crippen LogP contribution in [0, 0.1) is 0 Å². The first kappa shape index (κ1) is 18.4. The first-order valence-corrected chi connectivity index (χ1v) is 7.05. The van der Waals surface area contributed by atoms with Gasteiger partial charge in [-0.25, -0.2) is 0 Å². The van der Waals surface area contributed by atoms with E-state index in [0.717, 1.165) is 0 Å². The van der Waals surface area contributed by atoms with Crippen LogP contribution in [-0.2, 0) is 17.4 Å². The highest BCUT2D eigenvalue weighted by atomic mass is 19.4. The summed E-state index contributed by atoms with van der Waals surface area (Å²) in [6.45, 7) is 0.